The van der Waals surface area contributed by atoms with Gasteiger partial charge >= 0.3 is 0 Å². The van der Waals surface area contributed by atoms with Gasteiger partial charge in [-0.2, -0.15) is 0 Å². The maximum Gasteiger partial charge on any atom is 0.0110 e. The van der Waals surface area contributed by atoms with Gasteiger partial charge in [0.15, 0.2) is 0 Å². The monoisotopic (exact) mass is 199 g/mol. The van der Waals surface area contributed by atoms with E-state index >= 15 is 0 Å². The van der Waals surface area contributed by atoms with Crippen LogP contribution in [0.25, 0.3) is 0 Å². The van der Waals surface area contributed by atoms with E-state index in [4.69, 9.17) is 0 Å². The highest BCUT2D eigenvalue weighted by molar-refractivity contribution is 9.09. The lowest BCUT2D eigenvalue weighted by Crippen LogP contribution is -2.52. The first-order chi connectivity index (χ1) is 3.27. The molecule has 1 aliphatic heterocycles. The van der Waals surface area contributed by atoms with Crippen LogP contribution in [0.1, 0.15) is 6.92 Å². The van der Waals surface area contributed by atoms with E-state index in [-0.39, 0.29) is 12.4 Å². The smallest absolute Gasteiger partial charge is 0.0110 e. The molecule has 0 unspecified atom stereocenters. The molecule has 1 N–H and O–H groups in total. The summed E-state index contributed by atoms with van der Waals surface area (Å²) in [5.41, 5.74) is 0.569. The molecule has 1 saturated heterocycles. The van der Waals surface area contributed by atoms with Gasteiger partial charge in [-0.1, -0.05) is 22.9 Å². The lowest BCUT2D eigenvalue weighted by atomic mass is 9.87. The van der Waals surface area contributed by atoms with Crippen LogP contribution in [-0.2, 0) is 0 Å². The summed E-state index contributed by atoms with van der Waals surface area (Å²) in [6, 6.07) is 0. The first-order valence-electron chi connectivity index (χ1n) is 2.54. The van der Waals surface area contributed by atoms with Gasteiger partial charge in [0.05, 0.1) is 0 Å². The quantitative estimate of drug-likeness (QED) is 0.631. The van der Waals surface area contributed by atoms with Gasteiger partial charge in [0.1, 0.15) is 0 Å². The van der Waals surface area contributed by atoms with Crippen LogP contribution in [0.4, 0.5) is 0 Å². The van der Waals surface area contributed by atoms with Crippen LogP contribution in [0, 0.1) is 5.41 Å². The average molecular weight is 201 g/mol. The van der Waals surface area contributed by atoms with E-state index in [1.165, 1.54) is 13.1 Å². The van der Waals surface area contributed by atoms with E-state index in [0.717, 1.165) is 5.33 Å². The number of hydrogen-bond donors (Lipinski definition) is 1. The van der Waals surface area contributed by atoms with Gasteiger partial charge in [-0.3, -0.25) is 0 Å². The number of rotatable bonds is 1. The van der Waals surface area contributed by atoms with Crippen molar-refractivity contribution in [3.63, 3.8) is 0 Å². The summed E-state index contributed by atoms with van der Waals surface area (Å²) in [7, 11) is 0. The molecule has 0 bridgehead atoms. The van der Waals surface area contributed by atoms with Crippen molar-refractivity contribution in [3.8, 4) is 0 Å². The molecule has 1 rings (SSSR count). The van der Waals surface area contributed by atoms with E-state index in [2.05, 4.69) is 28.2 Å². The van der Waals surface area contributed by atoms with Crippen molar-refractivity contribution in [1.29, 1.82) is 0 Å². The van der Waals surface area contributed by atoms with Gasteiger partial charge in [-0.05, 0) is 0 Å². The van der Waals surface area contributed by atoms with E-state index in [9.17, 15) is 0 Å². The van der Waals surface area contributed by atoms with Gasteiger partial charge in [0, 0.05) is 23.8 Å². The molecular formula is C5H11BrClN. The Balaban J connectivity index is 0.000000490. The first-order valence-corrected chi connectivity index (χ1v) is 3.66. The highest BCUT2D eigenvalue weighted by atomic mass is 79.9. The number of alkyl halides is 1. The summed E-state index contributed by atoms with van der Waals surface area (Å²) in [4.78, 5) is 0. The molecule has 0 aromatic heterocycles. The van der Waals surface area contributed by atoms with Crippen molar-refractivity contribution in [3.05, 3.63) is 0 Å². The molecule has 1 heterocycles. The number of nitrogens with one attached hydrogen (secondary N) is 1. The molecule has 1 nitrogen and oxygen atoms in total. The van der Waals surface area contributed by atoms with Crippen LogP contribution in [0.5, 0.6) is 0 Å². The SMILES string of the molecule is CC1(CBr)CNC1.Cl. The molecule has 0 atom stereocenters. The summed E-state index contributed by atoms with van der Waals surface area (Å²) in [6.45, 7) is 4.63. The Morgan fingerprint density at radius 1 is 1.62 bits per heavy atom. The third-order valence-electron chi connectivity index (χ3n) is 1.43. The Morgan fingerprint density at radius 2 is 2.12 bits per heavy atom. The van der Waals surface area contributed by atoms with Crippen molar-refractivity contribution < 1.29 is 0 Å². The fourth-order valence-electron chi connectivity index (χ4n) is 0.646. The third kappa shape index (κ3) is 1.61. The minimum atomic E-state index is 0. The predicted octanol–water partition coefficient (Wildman–Crippen LogP) is 1.41. The Kier molecular flexibility index (Phi) is 3.32. The van der Waals surface area contributed by atoms with Gasteiger partial charge in [0.2, 0.25) is 0 Å². The Morgan fingerprint density at radius 3 is 2.12 bits per heavy atom. The fraction of sp³-hybridized carbons (Fsp3) is 1.00. The Bertz CT molecular complexity index is 67.3. The minimum absolute atomic E-state index is 0. The normalized spacial score (nSPS) is 23.2. The maximum absolute atomic E-state index is 3.44. The molecular weight excluding hydrogens is 189 g/mol. The predicted molar refractivity (Wildman–Crippen MR) is 42.0 cm³/mol. The lowest BCUT2D eigenvalue weighted by molar-refractivity contribution is 0.235. The molecule has 0 radical (unpaired) electrons. The van der Waals surface area contributed by atoms with E-state index in [1.807, 2.05) is 0 Å². The molecule has 8 heavy (non-hydrogen) atoms. The van der Waals surface area contributed by atoms with Gasteiger partial charge in [-0.15, -0.1) is 12.4 Å². The number of halogens is 2. The summed E-state index contributed by atoms with van der Waals surface area (Å²) in [5, 5.41) is 4.35. The van der Waals surface area contributed by atoms with Crippen molar-refractivity contribution in [1.82, 2.24) is 5.32 Å². The Labute approximate surface area is 64.8 Å². The molecule has 1 aliphatic rings. The van der Waals surface area contributed by atoms with Crippen molar-refractivity contribution in [2.45, 2.75) is 6.92 Å². The fourth-order valence-corrected chi connectivity index (χ4v) is 1.04. The highest BCUT2D eigenvalue weighted by Crippen LogP contribution is 2.22. The first kappa shape index (κ1) is 8.73. The van der Waals surface area contributed by atoms with Crippen LogP contribution < -0.4 is 5.32 Å². The zero-order valence-corrected chi connectivity index (χ0v) is 7.31. The molecule has 0 aromatic rings. The standard InChI is InChI=1S/C5H10BrN.ClH/c1-5(2-6)3-7-4-5;/h7H,2-4H2,1H3;1H. The zero-order valence-electron chi connectivity index (χ0n) is 4.91. The molecule has 1 fully saturated rings. The molecule has 0 amide bonds. The van der Waals surface area contributed by atoms with Crippen LogP contribution in [0.15, 0.2) is 0 Å². The Hall–Kier alpha value is 0.730. The van der Waals surface area contributed by atoms with Gasteiger partial charge < -0.3 is 5.32 Å². The summed E-state index contributed by atoms with van der Waals surface area (Å²) < 4.78 is 0. The summed E-state index contributed by atoms with van der Waals surface area (Å²) >= 11 is 3.44. The number of hydrogen-bond acceptors (Lipinski definition) is 1. The van der Waals surface area contributed by atoms with Crippen molar-refractivity contribution in [2.24, 2.45) is 5.41 Å². The van der Waals surface area contributed by atoms with E-state index in [0.29, 0.717) is 5.41 Å². The third-order valence-corrected chi connectivity index (χ3v) is 2.78. The molecule has 0 spiro atoms. The lowest BCUT2D eigenvalue weighted by Gasteiger charge is -2.37. The zero-order chi connectivity index (χ0) is 5.33. The molecule has 3 heteroatoms. The molecule has 0 aliphatic carbocycles. The van der Waals surface area contributed by atoms with Crippen molar-refractivity contribution >= 4 is 28.3 Å². The minimum Gasteiger partial charge on any atom is -0.315 e. The van der Waals surface area contributed by atoms with Gasteiger partial charge in [0.25, 0.3) is 0 Å². The summed E-state index contributed by atoms with van der Waals surface area (Å²) in [5.74, 6) is 0. The van der Waals surface area contributed by atoms with Crippen LogP contribution in [-0.4, -0.2) is 18.4 Å². The second-order valence-corrected chi connectivity index (χ2v) is 3.11. The second-order valence-electron chi connectivity index (χ2n) is 2.55. The van der Waals surface area contributed by atoms with Crippen LogP contribution >= 0.6 is 28.3 Å². The van der Waals surface area contributed by atoms with Crippen LogP contribution in [0.2, 0.25) is 0 Å². The molecule has 50 valence electrons. The maximum atomic E-state index is 3.44. The largest absolute Gasteiger partial charge is 0.315 e. The average Bonchev–Trinajstić information content (AvgIpc) is 1.61. The van der Waals surface area contributed by atoms with E-state index in [1.54, 1.807) is 0 Å². The van der Waals surface area contributed by atoms with Gasteiger partial charge in [-0.25, -0.2) is 0 Å². The summed E-state index contributed by atoms with van der Waals surface area (Å²) in [6.07, 6.45) is 0. The van der Waals surface area contributed by atoms with Crippen molar-refractivity contribution in [2.75, 3.05) is 18.4 Å². The molecule has 0 saturated carbocycles. The highest BCUT2D eigenvalue weighted by Gasteiger charge is 2.29. The topological polar surface area (TPSA) is 12.0 Å². The second kappa shape index (κ2) is 3.04. The van der Waals surface area contributed by atoms with E-state index < -0.39 is 0 Å². The molecule has 0 aromatic carbocycles. The van der Waals surface area contributed by atoms with Crippen LogP contribution in [0.3, 0.4) is 0 Å².